The van der Waals surface area contributed by atoms with Crippen molar-refractivity contribution in [3.63, 3.8) is 0 Å². The number of morpholine rings is 1. The molecule has 1 N–H and O–H groups in total. The van der Waals surface area contributed by atoms with Gasteiger partial charge in [0.15, 0.2) is 6.10 Å². The Hall–Kier alpha value is -1.56. The average Bonchev–Trinajstić information content (AvgIpc) is 2.26. The number of nitrogens with zero attached hydrogens (tertiary/aromatic N) is 1. The molecule has 0 bridgehead atoms. The monoisotopic (exact) mass is 215 g/mol. The topological polar surface area (TPSA) is 76.1 Å². The first-order valence-corrected chi connectivity index (χ1v) is 4.52. The fourth-order valence-corrected chi connectivity index (χ4v) is 1.19. The number of rotatable bonds is 3. The minimum absolute atomic E-state index is 0.0192. The number of amides is 1. The SMILES string of the molecule is C=CCOC(=O)N1CCO[C@H](C(=O)O)C1. The molecule has 0 aromatic heterocycles. The van der Waals surface area contributed by atoms with Gasteiger partial charge in [-0.05, 0) is 0 Å². The molecule has 0 unspecified atom stereocenters. The highest BCUT2D eigenvalue weighted by Gasteiger charge is 2.29. The summed E-state index contributed by atoms with van der Waals surface area (Å²) in [5.41, 5.74) is 0. The summed E-state index contributed by atoms with van der Waals surface area (Å²) in [7, 11) is 0. The highest BCUT2D eigenvalue weighted by molar-refractivity contribution is 5.74. The molecule has 1 amide bonds. The maximum absolute atomic E-state index is 11.3. The molecule has 0 saturated carbocycles. The second kappa shape index (κ2) is 5.35. The first kappa shape index (κ1) is 11.5. The van der Waals surface area contributed by atoms with Crippen LogP contribution in [0.3, 0.4) is 0 Å². The third-order valence-corrected chi connectivity index (χ3v) is 1.92. The molecule has 1 saturated heterocycles. The van der Waals surface area contributed by atoms with Crippen molar-refractivity contribution in [2.24, 2.45) is 0 Å². The Morgan fingerprint density at radius 3 is 3.00 bits per heavy atom. The zero-order valence-corrected chi connectivity index (χ0v) is 8.22. The van der Waals surface area contributed by atoms with Crippen molar-refractivity contribution in [2.75, 3.05) is 26.3 Å². The summed E-state index contributed by atoms with van der Waals surface area (Å²) in [6, 6.07) is 0. The molecule has 0 radical (unpaired) electrons. The van der Waals surface area contributed by atoms with Crippen LogP contribution in [0.5, 0.6) is 0 Å². The highest BCUT2D eigenvalue weighted by atomic mass is 16.6. The molecule has 15 heavy (non-hydrogen) atoms. The Labute approximate surface area is 87.1 Å². The fraction of sp³-hybridized carbons (Fsp3) is 0.556. The predicted octanol–water partition coefficient (Wildman–Crippen LogP) is 0.0944. The van der Waals surface area contributed by atoms with Crippen LogP contribution in [0.1, 0.15) is 0 Å². The van der Waals surface area contributed by atoms with E-state index in [1.807, 2.05) is 0 Å². The second-order valence-electron chi connectivity index (χ2n) is 3.01. The summed E-state index contributed by atoms with van der Waals surface area (Å²) >= 11 is 0. The van der Waals surface area contributed by atoms with Crippen molar-refractivity contribution in [1.82, 2.24) is 4.90 Å². The van der Waals surface area contributed by atoms with Gasteiger partial charge in [0.1, 0.15) is 6.61 Å². The van der Waals surface area contributed by atoms with Crippen molar-refractivity contribution in [3.8, 4) is 0 Å². The van der Waals surface area contributed by atoms with Gasteiger partial charge in [-0.2, -0.15) is 0 Å². The van der Waals surface area contributed by atoms with Crippen molar-refractivity contribution < 1.29 is 24.2 Å². The maximum atomic E-state index is 11.3. The van der Waals surface area contributed by atoms with Gasteiger partial charge >= 0.3 is 12.1 Å². The maximum Gasteiger partial charge on any atom is 0.410 e. The Morgan fingerprint density at radius 1 is 1.67 bits per heavy atom. The van der Waals surface area contributed by atoms with Gasteiger partial charge in [-0.25, -0.2) is 9.59 Å². The molecule has 1 atom stereocenters. The first-order chi connectivity index (χ1) is 7.15. The van der Waals surface area contributed by atoms with Gasteiger partial charge in [0.05, 0.1) is 13.2 Å². The van der Waals surface area contributed by atoms with E-state index in [2.05, 4.69) is 6.58 Å². The number of hydrogen-bond donors (Lipinski definition) is 1. The number of hydrogen-bond acceptors (Lipinski definition) is 4. The molecule has 6 nitrogen and oxygen atoms in total. The lowest BCUT2D eigenvalue weighted by molar-refractivity contribution is -0.155. The molecule has 1 aliphatic heterocycles. The summed E-state index contributed by atoms with van der Waals surface area (Å²) in [4.78, 5) is 23.3. The number of carbonyl (C=O) groups is 2. The van der Waals surface area contributed by atoms with Crippen LogP contribution >= 0.6 is 0 Å². The van der Waals surface area contributed by atoms with Crippen LogP contribution in [0.25, 0.3) is 0 Å². The molecule has 1 aliphatic rings. The van der Waals surface area contributed by atoms with E-state index in [9.17, 15) is 9.59 Å². The molecule has 1 rings (SSSR count). The van der Waals surface area contributed by atoms with Crippen LogP contribution in [0.15, 0.2) is 12.7 Å². The van der Waals surface area contributed by atoms with E-state index in [1.54, 1.807) is 0 Å². The summed E-state index contributed by atoms with van der Waals surface area (Å²) in [5, 5.41) is 8.69. The number of carboxylic acid groups (broad SMARTS) is 1. The molecule has 0 aromatic rings. The summed E-state index contributed by atoms with van der Waals surface area (Å²) in [6.45, 7) is 4.10. The molecule has 0 spiro atoms. The third-order valence-electron chi connectivity index (χ3n) is 1.92. The molecular formula is C9H13NO5. The van der Waals surface area contributed by atoms with Crippen molar-refractivity contribution in [3.05, 3.63) is 12.7 Å². The summed E-state index contributed by atoms with van der Waals surface area (Å²) in [5.74, 6) is -1.07. The second-order valence-corrected chi connectivity index (χ2v) is 3.01. The predicted molar refractivity (Wildman–Crippen MR) is 50.5 cm³/mol. The van der Waals surface area contributed by atoms with Gasteiger partial charge in [0.25, 0.3) is 0 Å². The fourth-order valence-electron chi connectivity index (χ4n) is 1.19. The minimum Gasteiger partial charge on any atom is -0.479 e. The van der Waals surface area contributed by atoms with E-state index < -0.39 is 18.2 Å². The van der Waals surface area contributed by atoms with Crippen LogP contribution in [0.2, 0.25) is 0 Å². The Kier molecular flexibility index (Phi) is 4.11. The molecule has 1 fully saturated rings. The van der Waals surface area contributed by atoms with Gasteiger partial charge in [-0.1, -0.05) is 12.7 Å². The van der Waals surface area contributed by atoms with Crippen molar-refractivity contribution in [2.45, 2.75) is 6.10 Å². The molecule has 0 aliphatic carbocycles. The quantitative estimate of drug-likeness (QED) is 0.675. The average molecular weight is 215 g/mol. The minimum atomic E-state index is -1.07. The lowest BCUT2D eigenvalue weighted by Crippen LogP contribution is -2.48. The lowest BCUT2D eigenvalue weighted by atomic mass is 10.3. The molecular weight excluding hydrogens is 202 g/mol. The standard InChI is InChI=1S/C9H13NO5/c1-2-4-15-9(13)10-3-5-14-7(6-10)8(11)12/h2,7H,1,3-6H2,(H,11,12)/t7-/m0/s1. The van der Waals surface area contributed by atoms with E-state index in [-0.39, 0.29) is 19.8 Å². The lowest BCUT2D eigenvalue weighted by Gasteiger charge is -2.29. The van der Waals surface area contributed by atoms with Crippen LogP contribution in [0.4, 0.5) is 4.79 Å². The van der Waals surface area contributed by atoms with Gasteiger partial charge in [0.2, 0.25) is 0 Å². The number of aliphatic carboxylic acids is 1. The number of ether oxygens (including phenoxy) is 2. The van der Waals surface area contributed by atoms with E-state index in [4.69, 9.17) is 14.6 Å². The van der Waals surface area contributed by atoms with Crippen LogP contribution in [-0.2, 0) is 14.3 Å². The van der Waals surface area contributed by atoms with Crippen LogP contribution < -0.4 is 0 Å². The van der Waals surface area contributed by atoms with E-state index in [1.165, 1.54) is 11.0 Å². The first-order valence-electron chi connectivity index (χ1n) is 4.52. The number of carbonyl (C=O) groups excluding carboxylic acids is 1. The largest absolute Gasteiger partial charge is 0.479 e. The molecule has 6 heteroatoms. The van der Waals surface area contributed by atoms with Gasteiger partial charge in [0, 0.05) is 6.54 Å². The van der Waals surface area contributed by atoms with E-state index in [0.717, 1.165) is 0 Å². The summed E-state index contributed by atoms with van der Waals surface area (Å²) < 4.78 is 9.73. The van der Waals surface area contributed by atoms with E-state index in [0.29, 0.717) is 6.54 Å². The normalized spacial score (nSPS) is 20.8. The van der Waals surface area contributed by atoms with Gasteiger partial charge < -0.3 is 19.5 Å². The molecule has 1 heterocycles. The highest BCUT2D eigenvalue weighted by Crippen LogP contribution is 2.06. The zero-order chi connectivity index (χ0) is 11.3. The van der Waals surface area contributed by atoms with Crippen molar-refractivity contribution >= 4 is 12.1 Å². The zero-order valence-electron chi connectivity index (χ0n) is 8.22. The van der Waals surface area contributed by atoms with Gasteiger partial charge in [-0.3, -0.25) is 0 Å². The Bertz CT molecular complexity index is 265. The molecule has 0 aromatic carbocycles. The third kappa shape index (κ3) is 3.25. The Morgan fingerprint density at radius 2 is 2.40 bits per heavy atom. The smallest absolute Gasteiger partial charge is 0.410 e. The molecule has 84 valence electrons. The van der Waals surface area contributed by atoms with Crippen LogP contribution in [-0.4, -0.2) is 54.5 Å². The van der Waals surface area contributed by atoms with Crippen LogP contribution in [0, 0.1) is 0 Å². The van der Waals surface area contributed by atoms with E-state index >= 15 is 0 Å². The van der Waals surface area contributed by atoms with Gasteiger partial charge in [-0.15, -0.1) is 0 Å². The summed E-state index contributed by atoms with van der Waals surface area (Å²) in [6.07, 6.45) is -0.0491. The number of carboxylic acids is 1. The van der Waals surface area contributed by atoms with Crippen molar-refractivity contribution in [1.29, 1.82) is 0 Å². The Balaban J connectivity index is 2.44.